The van der Waals surface area contributed by atoms with Gasteiger partial charge in [0, 0.05) is 32.7 Å². The Kier molecular flexibility index (Phi) is 31.3. The Hall–Kier alpha value is 0.964. The predicted octanol–water partition coefficient (Wildman–Crippen LogP) is 2.50. The Balaban J connectivity index is -0.0000000575. The number of alkyl halides is 1. The van der Waals surface area contributed by atoms with Gasteiger partial charge in [0.15, 0.2) is 0 Å². The maximum Gasteiger partial charge on any atom is 0.0866 e. The summed E-state index contributed by atoms with van der Waals surface area (Å²) in [5, 5.41) is 0. The molecule has 0 rings (SSSR count). The van der Waals surface area contributed by atoms with E-state index in [4.69, 9.17) is 0 Å². The first kappa shape index (κ1) is 16.0. The summed E-state index contributed by atoms with van der Waals surface area (Å²) in [7, 11) is 0. The molecular formula is C5H11F2Y-. The van der Waals surface area contributed by atoms with E-state index in [2.05, 4.69) is 0 Å². The van der Waals surface area contributed by atoms with Gasteiger partial charge in [-0.25, -0.2) is 0 Å². The van der Waals surface area contributed by atoms with Gasteiger partial charge in [-0.1, -0.05) is 0 Å². The predicted molar refractivity (Wildman–Crippen MR) is 27.3 cm³/mol. The summed E-state index contributed by atoms with van der Waals surface area (Å²) in [6.07, 6.45) is -0.0833. The Morgan fingerprint density at radius 3 is 1.38 bits per heavy atom. The van der Waals surface area contributed by atoms with E-state index in [9.17, 15) is 8.78 Å². The van der Waals surface area contributed by atoms with Crippen LogP contribution < -0.4 is 0 Å². The first-order valence-corrected chi connectivity index (χ1v) is 2.16. The van der Waals surface area contributed by atoms with Crippen LogP contribution in [0.5, 0.6) is 0 Å². The first-order valence-electron chi connectivity index (χ1n) is 2.16. The molecule has 0 aromatic carbocycles. The van der Waals surface area contributed by atoms with Crippen molar-refractivity contribution >= 4 is 0 Å². The third-order valence-electron chi connectivity index (χ3n) is 0. The molecule has 3 heteroatoms. The Morgan fingerprint density at radius 2 is 1.38 bits per heavy atom. The fourth-order valence-corrected chi connectivity index (χ4v) is 0. The summed E-state index contributed by atoms with van der Waals surface area (Å²) < 4.78 is 21.2. The van der Waals surface area contributed by atoms with Crippen LogP contribution in [-0.4, -0.2) is 6.67 Å². The molecular weight excluding hydrogens is 187 g/mol. The molecule has 0 saturated heterocycles. The van der Waals surface area contributed by atoms with Crippen molar-refractivity contribution in [3.05, 3.63) is 6.17 Å². The summed E-state index contributed by atoms with van der Waals surface area (Å²) in [5.74, 6) is 0. The second-order valence-electron chi connectivity index (χ2n) is 1.15. The molecule has 0 N–H and O–H groups in total. The second-order valence-corrected chi connectivity index (χ2v) is 1.15. The standard InChI is InChI=1S/C3H6F.C2H5F.Y/c1-3(2)4;1-2-3;/h1-2H3;2H2,1H3;/q-1;;. The number of halogens is 2. The summed E-state index contributed by atoms with van der Waals surface area (Å²) >= 11 is 0. The van der Waals surface area contributed by atoms with E-state index in [0.717, 1.165) is 0 Å². The van der Waals surface area contributed by atoms with Crippen molar-refractivity contribution in [2.24, 2.45) is 0 Å². The van der Waals surface area contributed by atoms with Gasteiger partial charge in [-0.3, -0.25) is 4.39 Å². The van der Waals surface area contributed by atoms with Crippen LogP contribution >= 0.6 is 0 Å². The minimum Gasteiger partial charge on any atom is -0.457 e. The van der Waals surface area contributed by atoms with Gasteiger partial charge in [-0.05, 0) is 6.92 Å². The zero-order valence-corrected chi connectivity index (χ0v) is 8.38. The van der Waals surface area contributed by atoms with Crippen LogP contribution in [0, 0.1) is 6.17 Å². The maximum absolute atomic E-state index is 10.9. The summed E-state index contributed by atoms with van der Waals surface area (Å²) in [6.45, 7) is 4.04. The molecule has 0 unspecified atom stereocenters. The molecule has 0 saturated carbocycles. The molecule has 0 aliphatic carbocycles. The van der Waals surface area contributed by atoms with Gasteiger partial charge in [0.2, 0.25) is 0 Å². The van der Waals surface area contributed by atoms with Crippen LogP contribution in [0.25, 0.3) is 0 Å². The molecule has 0 spiro atoms. The molecule has 8 heavy (non-hydrogen) atoms. The fraction of sp³-hybridized carbons (Fsp3) is 0.800. The van der Waals surface area contributed by atoms with Crippen molar-refractivity contribution in [2.75, 3.05) is 6.67 Å². The van der Waals surface area contributed by atoms with Crippen molar-refractivity contribution in [1.29, 1.82) is 0 Å². The summed E-state index contributed by atoms with van der Waals surface area (Å²) in [4.78, 5) is 0. The van der Waals surface area contributed by atoms with E-state index in [1.54, 1.807) is 0 Å². The van der Waals surface area contributed by atoms with Crippen LogP contribution in [0.3, 0.4) is 0 Å². The monoisotopic (exact) mass is 198 g/mol. The van der Waals surface area contributed by atoms with Gasteiger partial charge in [0.1, 0.15) is 0 Å². The molecule has 0 fully saturated rings. The zero-order valence-electron chi connectivity index (χ0n) is 5.54. The average Bonchev–Trinajstić information content (AvgIpc) is 1.33. The molecule has 1 radical (unpaired) electrons. The van der Waals surface area contributed by atoms with Crippen LogP contribution in [0.4, 0.5) is 8.78 Å². The van der Waals surface area contributed by atoms with Crippen molar-refractivity contribution in [3.63, 3.8) is 0 Å². The minimum absolute atomic E-state index is 0. The molecule has 0 aromatic rings. The van der Waals surface area contributed by atoms with E-state index in [1.807, 2.05) is 0 Å². The zero-order chi connectivity index (χ0) is 6.28. The molecule has 0 aliphatic heterocycles. The number of hydrogen-bond acceptors (Lipinski definition) is 0. The van der Waals surface area contributed by atoms with Gasteiger partial charge in [0.25, 0.3) is 0 Å². The molecule has 0 bridgehead atoms. The minimum atomic E-state index is -0.250. The summed E-state index contributed by atoms with van der Waals surface area (Å²) in [5.41, 5.74) is 0. The fourth-order valence-electron chi connectivity index (χ4n) is 0. The van der Waals surface area contributed by atoms with Crippen LogP contribution in [-0.2, 0) is 32.7 Å². The Bertz CT molecular complexity index is 21.6. The van der Waals surface area contributed by atoms with Crippen LogP contribution in [0.1, 0.15) is 20.8 Å². The van der Waals surface area contributed by atoms with Crippen LogP contribution in [0.2, 0.25) is 0 Å². The van der Waals surface area contributed by atoms with Crippen molar-refractivity contribution in [3.8, 4) is 0 Å². The molecule has 0 nitrogen and oxygen atoms in total. The largest absolute Gasteiger partial charge is 0.457 e. The molecule has 0 aromatic heterocycles. The normalized spacial score (nSPS) is 6.75. The van der Waals surface area contributed by atoms with Gasteiger partial charge in [-0.15, -0.1) is 0 Å². The first-order chi connectivity index (χ1) is 3.15. The molecule has 0 aliphatic rings. The van der Waals surface area contributed by atoms with Gasteiger partial charge >= 0.3 is 0 Å². The van der Waals surface area contributed by atoms with E-state index < -0.39 is 0 Å². The smallest absolute Gasteiger partial charge is 0.0866 e. The van der Waals surface area contributed by atoms with Gasteiger partial charge in [-0.2, -0.15) is 20.0 Å². The second kappa shape index (κ2) is 15.7. The van der Waals surface area contributed by atoms with E-state index in [-0.39, 0.29) is 45.6 Å². The van der Waals surface area contributed by atoms with E-state index >= 15 is 0 Å². The maximum atomic E-state index is 10.9. The molecule has 0 atom stereocenters. The van der Waals surface area contributed by atoms with Crippen molar-refractivity contribution < 1.29 is 41.5 Å². The third-order valence-corrected chi connectivity index (χ3v) is 0. The third kappa shape index (κ3) is 267. The van der Waals surface area contributed by atoms with Gasteiger partial charge < -0.3 is 4.39 Å². The molecule has 49 valence electrons. The Labute approximate surface area is 74.9 Å². The van der Waals surface area contributed by atoms with Crippen molar-refractivity contribution in [2.45, 2.75) is 20.8 Å². The van der Waals surface area contributed by atoms with E-state index in [0.29, 0.717) is 0 Å². The van der Waals surface area contributed by atoms with Gasteiger partial charge in [0.05, 0.1) is 6.67 Å². The number of rotatable bonds is 0. The van der Waals surface area contributed by atoms with Crippen molar-refractivity contribution in [1.82, 2.24) is 0 Å². The topological polar surface area (TPSA) is 0 Å². The quantitative estimate of drug-likeness (QED) is 0.524. The SMILES string of the molecule is CCF.C[C-](C)F.[Y]. The Morgan fingerprint density at radius 1 is 1.38 bits per heavy atom. The molecule has 0 heterocycles. The van der Waals surface area contributed by atoms with Crippen LogP contribution in [0.15, 0.2) is 0 Å². The summed E-state index contributed by atoms with van der Waals surface area (Å²) in [6, 6.07) is 0. The van der Waals surface area contributed by atoms with E-state index in [1.165, 1.54) is 20.8 Å². The number of hydrogen-bond donors (Lipinski definition) is 0. The molecule has 0 amide bonds. The average molecular weight is 198 g/mol.